The van der Waals surface area contributed by atoms with Crippen LogP contribution in [-0.2, 0) is 5.41 Å². The molecule has 0 spiro atoms. The van der Waals surface area contributed by atoms with Gasteiger partial charge in [0, 0.05) is 23.6 Å². The van der Waals surface area contributed by atoms with Gasteiger partial charge in [-0.1, -0.05) is 56.1 Å². The molecule has 1 rings (SSSR count). The predicted octanol–water partition coefficient (Wildman–Crippen LogP) is 4.62. The topological polar surface area (TPSA) is 20.3 Å². The van der Waals surface area contributed by atoms with Gasteiger partial charge in [0.05, 0.1) is 0 Å². The van der Waals surface area contributed by atoms with E-state index in [1.807, 2.05) is 25.2 Å². The first kappa shape index (κ1) is 16.2. The summed E-state index contributed by atoms with van der Waals surface area (Å²) in [7, 11) is 1.86. The van der Waals surface area contributed by atoms with Crippen molar-refractivity contribution in [2.24, 2.45) is 0 Å². The molecular weight excluding hydrogens is 302 g/mol. The van der Waals surface area contributed by atoms with Crippen molar-refractivity contribution in [3.05, 3.63) is 33.8 Å². The summed E-state index contributed by atoms with van der Waals surface area (Å²) < 4.78 is 1.01. The molecular formula is C16H24BrNO. The van der Waals surface area contributed by atoms with Crippen LogP contribution >= 0.6 is 15.9 Å². The Bertz CT molecular complexity index is 449. The molecule has 0 fully saturated rings. The van der Waals surface area contributed by atoms with E-state index >= 15 is 0 Å². The Labute approximate surface area is 125 Å². The molecule has 2 nitrogen and oxygen atoms in total. The van der Waals surface area contributed by atoms with Crippen LogP contribution in [0.3, 0.4) is 0 Å². The fourth-order valence-corrected chi connectivity index (χ4v) is 2.95. The summed E-state index contributed by atoms with van der Waals surface area (Å²) in [5, 5.41) is 0. The highest BCUT2D eigenvalue weighted by atomic mass is 79.9. The number of benzene rings is 1. The molecule has 0 aliphatic rings. The van der Waals surface area contributed by atoms with Crippen molar-refractivity contribution in [3.63, 3.8) is 0 Å². The molecule has 3 heteroatoms. The molecule has 0 aromatic heterocycles. The minimum atomic E-state index is 0.0779. The molecule has 0 bridgehead atoms. The summed E-state index contributed by atoms with van der Waals surface area (Å²) in [6.07, 6.45) is 2.15. The van der Waals surface area contributed by atoms with Crippen LogP contribution in [-0.4, -0.2) is 24.4 Å². The number of nitrogens with zero attached hydrogens (tertiary/aromatic N) is 1. The molecule has 0 aliphatic heterocycles. The van der Waals surface area contributed by atoms with Gasteiger partial charge in [-0.05, 0) is 29.5 Å². The Morgan fingerprint density at radius 1 is 1.32 bits per heavy atom. The number of amides is 1. The molecule has 0 saturated carbocycles. The van der Waals surface area contributed by atoms with Gasteiger partial charge in [-0.2, -0.15) is 0 Å². The summed E-state index contributed by atoms with van der Waals surface area (Å²) in [5.74, 6) is 0.0922. The van der Waals surface area contributed by atoms with Gasteiger partial charge in [0.2, 0.25) is 0 Å². The zero-order valence-corrected chi connectivity index (χ0v) is 14.2. The van der Waals surface area contributed by atoms with E-state index in [2.05, 4.69) is 43.6 Å². The van der Waals surface area contributed by atoms with Gasteiger partial charge in [0.25, 0.3) is 5.91 Å². The molecule has 1 amide bonds. The maximum atomic E-state index is 12.3. The number of hydrogen-bond donors (Lipinski definition) is 0. The van der Waals surface area contributed by atoms with E-state index in [1.54, 1.807) is 4.90 Å². The fraction of sp³-hybridized carbons (Fsp3) is 0.562. The average Bonchev–Trinajstić information content (AvgIpc) is 2.33. The molecule has 0 aliphatic carbocycles. The van der Waals surface area contributed by atoms with Crippen molar-refractivity contribution in [2.45, 2.75) is 46.0 Å². The number of unbranched alkanes of at least 4 members (excludes halogenated alkanes) is 1. The standard InChI is InChI=1S/C16H24BrNO/c1-6-7-10-18(5)15(19)12-8-9-13(14(17)11-12)16(2,3)4/h8-9,11H,6-7,10H2,1-5H3. The van der Waals surface area contributed by atoms with E-state index in [4.69, 9.17) is 0 Å². The van der Waals surface area contributed by atoms with Gasteiger partial charge >= 0.3 is 0 Å². The zero-order chi connectivity index (χ0) is 14.6. The maximum absolute atomic E-state index is 12.3. The first-order valence-electron chi connectivity index (χ1n) is 6.83. The van der Waals surface area contributed by atoms with Crippen LogP contribution in [0.1, 0.15) is 56.5 Å². The Hall–Kier alpha value is -0.830. The summed E-state index contributed by atoms with van der Waals surface area (Å²) in [6, 6.07) is 5.91. The summed E-state index contributed by atoms with van der Waals surface area (Å²) >= 11 is 3.58. The normalized spacial score (nSPS) is 11.5. The molecule has 106 valence electrons. The summed E-state index contributed by atoms with van der Waals surface area (Å²) in [5.41, 5.74) is 2.05. The van der Waals surface area contributed by atoms with Crippen molar-refractivity contribution >= 4 is 21.8 Å². The van der Waals surface area contributed by atoms with Crippen molar-refractivity contribution in [1.82, 2.24) is 4.90 Å². The Balaban J connectivity index is 2.92. The van der Waals surface area contributed by atoms with Crippen LogP contribution < -0.4 is 0 Å². The predicted molar refractivity (Wildman–Crippen MR) is 84.7 cm³/mol. The van der Waals surface area contributed by atoms with Gasteiger partial charge < -0.3 is 4.90 Å². The minimum Gasteiger partial charge on any atom is -0.342 e. The quantitative estimate of drug-likeness (QED) is 0.791. The number of carbonyl (C=O) groups is 1. The van der Waals surface area contributed by atoms with Gasteiger partial charge in [-0.15, -0.1) is 0 Å². The summed E-state index contributed by atoms with van der Waals surface area (Å²) in [4.78, 5) is 14.1. The monoisotopic (exact) mass is 325 g/mol. The Morgan fingerprint density at radius 3 is 2.42 bits per heavy atom. The van der Waals surface area contributed by atoms with E-state index in [1.165, 1.54) is 5.56 Å². The van der Waals surface area contributed by atoms with Gasteiger partial charge in [-0.25, -0.2) is 0 Å². The molecule has 1 aromatic rings. The van der Waals surface area contributed by atoms with Gasteiger partial charge in [0.15, 0.2) is 0 Å². The third-order valence-electron chi connectivity index (χ3n) is 3.22. The second kappa shape index (κ2) is 6.56. The van der Waals surface area contributed by atoms with Crippen LogP contribution in [0.25, 0.3) is 0 Å². The maximum Gasteiger partial charge on any atom is 0.253 e. The smallest absolute Gasteiger partial charge is 0.253 e. The van der Waals surface area contributed by atoms with Crippen LogP contribution in [0.15, 0.2) is 22.7 Å². The first-order chi connectivity index (χ1) is 8.77. The molecule has 1 aromatic carbocycles. The second-order valence-corrected chi connectivity index (χ2v) is 6.88. The lowest BCUT2D eigenvalue weighted by Gasteiger charge is -2.22. The number of hydrogen-bond acceptors (Lipinski definition) is 1. The largest absolute Gasteiger partial charge is 0.342 e. The lowest BCUT2D eigenvalue weighted by molar-refractivity contribution is 0.0793. The lowest BCUT2D eigenvalue weighted by atomic mass is 9.86. The SMILES string of the molecule is CCCCN(C)C(=O)c1ccc(C(C)(C)C)c(Br)c1. The van der Waals surface area contributed by atoms with Crippen LogP contribution in [0.5, 0.6) is 0 Å². The molecule has 0 heterocycles. The Kier molecular flexibility index (Phi) is 5.60. The zero-order valence-electron chi connectivity index (χ0n) is 12.6. The van der Waals surface area contributed by atoms with Crippen LogP contribution in [0, 0.1) is 0 Å². The van der Waals surface area contributed by atoms with Crippen molar-refractivity contribution in [2.75, 3.05) is 13.6 Å². The molecule has 0 N–H and O–H groups in total. The van der Waals surface area contributed by atoms with Gasteiger partial charge in [0.1, 0.15) is 0 Å². The minimum absolute atomic E-state index is 0.0779. The number of rotatable bonds is 4. The van der Waals surface area contributed by atoms with E-state index < -0.39 is 0 Å². The first-order valence-corrected chi connectivity index (χ1v) is 7.62. The van der Waals surface area contributed by atoms with Crippen molar-refractivity contribution in [3.8, 4) is 0 Å². The third-order valence-corrected chi connectivity index (χ3v) is 3.87. The lowest BCUT2D eigenvalue weighted by Crippen LogP contribution is -2.27. The van der Waals surface area contributed by atoms with Gasteiger partial charge in [-0.3, -0.25) is 4.79 Å². The molecule has 0 radical (unpaired) electrons. The summed E-state index contributed by atoms with van der Waals surface area (Å²) in [6.45, 7) is 9.45. The van der Waals surface area contributed by atoms with E-state index in [0.717, 1.165) is 29.4 Å². The van der Waals surface area contributed by atoms with E-state index in [-0.39, 0.29) is 11.3 Å². The van der Waals surface area contributed by atoms with Crippen molar-refractivity contribution < 1.29 is 4.79 Å². The highest BCUT2D eigenvalue weighted by Gasteiger charge is 2.19. The highest BCUT2D eigenvalue weighted by molar-refractivity contribution is 9.10. The molecule has 19 heavy (non-hydrogen) atoms. The van der Waals surface area contributed by atoms with Crippen LogP contribution in [0.4, 0.5) is 0 Å². The van der Waals surface area contributed by atoms with Crippen LogP contribution in [0.2, 0.25) is 0 Å². The second-order valence-electron chi connectivity index (χ2n) is 6.02. The number of carbonyl (C=O) groups excluding carboxylic acids is 1. The van der Waals surface area contributed by atoms with E-state index in [9.17, 15) is 4.79 Å². The molecule has 0 unspecified atom stereocenters. The number of halogens is 1. The third kappa shape index (κ3) is 4.34. The molecule has 0 saturated heterocycles. The van der Waals surface area contributed by atoms with E-state index in [0.29, 0.717) is 0 Å². The average molecular weight is 326 g/mol. The molecule has 0 atom stereocenters. The van der Waals surface area contributed by atoms with Crippen molar-refractivity contribution in [1.29, 1.82) is 0 Å². The fourth-order valence-electron chi connectivity index (χ4n) is 1.97. The highest BCUT2D eigenvalue weighted by Crippen LogP contribution is 2.30. The Morgan fingerprint density at radius 2 is 1.95 bits per heavy atom.